The van der Waals surface area contributed by atoms with Gasteiger partial charge in [-0.3, -0.25) is 0 Å². The highest BCUT2D eigenvalue weighted by atomic mass is 16.1. The lowest BCUT2D eigenvalue weighted by atomic mass is 9.97. The Morgan fingerprint density at radius 1 is 1.29 bits per heavy atom. The van der Waals surface area contributed by atoms with E-state index in [2.05, 4.69) is 0 Å². The molecule has 0 fully saturated rings. The number of carbonyl (C=O) groups excluding carboxylic acids is 1. The van der Waals surface area contributed by atoms with Gasteiger partial charge in [-0.25, -0.2) is 0 Å². The number of rotatable bonds is 5. The summed E-state index contributed by atoms with van der Waals surface area (Å²) in [6, 6.07) is 7.59. The maximum Gasteiger partial charge on any atom is 0.123 e. The first-order chi connectivity index (χ1) is 6.76. The van der Waals surface area contributed by atoms with Crippen LogP contribution in [0.5, 0.6) is 0 Å². The van der Waals surface area contributed by atoms with Crippen LogP contribution in [0.1, 0.15) is 12.0 Å². The molecule has 0 aliphatic heterocycles. The SMILES string of the molecule is NCCC(C=O)Cc1ccc(N)cc1. The van der Waals surface area contributed by atoms with Gasteiger partial charge in [0.25, 0.3) is 0 Å². The van der Waals surface area contributed by atoms with Crippen molar-refractivity contribution < 1.29 is 4.79 Å². The molecule has 0 aromatic heterocycles. The van der Waals surface area contributed by atoms with Gasteiger partial charge in [-0.15, -0.1) is 0 Å². The second kappa shape index (κ2) is 5.40. The van der Waals surface area contributed by atoms with Gasteiger partial charge in [0.05, 0.1) is 0 Å². The molecular weight excluding hydrogens is 176 g/mol. The van der Waals surface area contributed by atoms with E-state index < -0.39 is 0 Å². The summed E-state index contributed by atoms with van der Waals surface area (Å²) in [6.45, 7) is 0.554. The fourth-order valence-corrected chi connectivity index (χ4v) is 1.39. The molecule has 0 heterocycles. The van der Waals surface area contributed by atoms with Crippen LogP contribution in [-0.4, -0.2) is 12.8 Å². The summed E-state index contributed by atoms with van der Waals surface area (Å²) < 4.78 is 0. The number of benzene rings is 1. The van der Waals surface area contributed by atoms with Gasteiger partial charge in [0.15, 0.2) is 0 Å². The number of nitrogen functional groups attached to an aromatic ring is 1. The van der Waals surface area contributed by atoms with E-state index in [1.807, 2.05) is 24.3 Å². The Balaban J connectivity index is 2.57. The van der Waals surface area contributed by atoms with Gasteiger partial charge in [-0.2, -0.15) is 0 Å². The Labute approximate surface area is 84.1 Å². The van der Waals surface area contributed by atoms with Gasteiger partial charge in [-0.05, 0) is 37.1 Å². The summed E-state index contributed by atoms with van der Waals surface area (Å²) in [7, 11) is 0. The third-order valence-electron chi connectivity index (χ3n) is 2.21. The maximum atomic E-state index is 10.7. The van der Waals surface area contributed by atoms with Crippen molar-refractivity contribution in [1.29, 1.82) is 0 Å². The number of hydrogen-bond donors (Lipinski definition) is 2. The Hall–Kier alpha value is -1.35. The predicted octanol–water partition coefficient (Wildman–Crippen LogP) is 0.975. The standard InChI is InChI=1S/C11H16N2O/c12-6-5-10(8-14)7-9-1-3-11(13)4-2-9/h1-4,8,10H,5-7,12-13H2. The van der Waals surface area contributed by atoms with Crippen molar-refractivity contribution in [2.45, 2.75) is 12.8 Å². The molecule has 1 unspecified atom stereocenters. The van der Waals surface area contributed by atoms with E-state index in [1.165, 1.54) is 0 Å². The van der Waals surface area contributed by atoms with Crippen molar-refractivity contribution in [3.8, 4) is 0 Å². The minimum atomic E-state index is 0.0311. The molecule has 0 saturated heterocycles. The number of aldehydes is 1. The molecular formula is C11H16N2O. The quantitative estimate of drug-likeness (QED) is 0.539. The number of hydrogen-bond acceptors (Lipinski definition) is 3. The lowest BCUT2D eigenvalue weighted by Gasteiger charge is -2.08. The van der Waals surface area contributed by atoms with Crippen LogP contribution in [0.2, 0.25) is 0 Å². The van der Waals surface area contributed by atoms with Crippen molar-refractivity contribution in [2.75, 3.05) is 12.3 Å². The molecule has 1 atom stereocenters. The van der Waals surface area contributed by atoms with E-state index in [4.69, 9.17) is 11.5 Å². The smallest absolute Gasteiger partial charge is 0.123 e. The molecule has 1 aromatic carbocycles. The number of nitrogens with two attached hydrogens (primary N) is 2. The molecule has 3 nitrogen and oxygen atoms in total. The summed E-state index contributed by atoms with van der Waals surface area (Å²) in [5.74, 6) is 0.0311. The van der Waals surface area contributed by atoms with E-state index in [-0.39, 0.29) is 5.92 Å². The van der Waals surface area contributed by atoms with Crippen LogP contribution in [0.25, 0.3) is 0 Å². The second-order valence-corrected chi connectivity index (χ2v) is 3.42. The molecule has 14 heavy (non-hydrogen) atoms. The summed E-state index contributed by atoms with van der Waals surface area (Å²) in [5.41, 5.74) is 12.8. The highest BCUT2D eigenvalue weighted by Gasteiger charge is 2.06. The van der Waals surface area contributed by atoms with Gasteiger partial charge >= 0.3 is 0 Å². The zero-order valence-electron chi connectivity index (χ0n) is 8.15. The topological polar surface area (TPSA) is 69.1 Å². The van der Waals surface area contributed by atoms with Gasteiger partial charge < -0.3 is 16.3 Å². The highest BCUT2D eigenvalue weighted by Crippen LogP contribution is 2.11. The van der Waals surface area contributed by atoms with Crippen LogP contribution >= 0.6 is 0 Å². The Kier molecular flexibility index (Phi) is 4.13. The molecule has 0 aliphatic rings. The third kappa shape index (κ3) is 3.18. The molecule has 0 aliphatic carbocycles. The lowest BCUT2D eigenvalue weighted by Crippen LogP contribution is -2.12. The fourth-order valence-electron chi connectivity index (χ4n) is 1.39. The van der Waals surface area contributed by atoms with Gasteiger partial charge in [0, 0.05) is 11.6 Å². The van der Waals surface area contributed by atoms with E-state index in [1.54, 1.807) is 0 Å². The fraction of sp³-hybridized carbons (Fsp3) is 0.364. The molecule has 0 saturated carbocycles. The normalized spacial score (nSPS) is 12.4. The van der Waals surface area contributed by atoms with Crippen LogP contribution in [0.4, 0.5) is 5.69 Å². The first-order valence-electron chi connectivity index (χ1n) is 4.76. The molecule has 76 valence electrons. The Morgan fingerprint density at radius 3 is 2.43 bits per heavy atom. The van der Waals surface area contributed by atoms with E-state index in [9.17, 15) is 4.79 Å². The van der Waals surface area contributed by atoms with Gasteiger partial charge in [-0.1, -0.05) is 12.1 Å². The number of anilines is 1. The molecule has 1 aromatic rings. The van der Waals surface area contributed by atoms with E-state index >= 15 is 0 Å². The third-order valence-corrected chi connectivity index (χ3v) is 2.21. The summed E-state index contributed by atoms with van der Waals surface area (Å²) in [5, 5.41) is 0. The van der Waals surface area contributed by atoms with Crippen LogP contribution in [0.3, 0.4) is 0 Å². The van der Waals surface area contributed by atoms with Crippen molar-refractivity contribution in [2.24, 2.45) is 11.7 Å². The summed E-state index contributed by atoms with van der Waals surface area (Å²) in [4.78, 5) is 10.7. The predicted molar refractivity (Wildman–Crippen MR) is 57.8 cm³/mol. The van der Waals surface area contributed by atoms with Gasteiger partial charge in [0.2, 0.25) is 0 Å². The Morgan fingerprint density at radius 2 is 1.93 bits per heavy atom. The molecule has 4 N–H and O–H groups in total. The first-order valence-corrected chi connectivity index (χ1v) is 4.76. The highest BCUT2D eigenvalue weighted by molar-refractivity contribution is 5.54. The molecule has 3 heteroatoms. The summed E-state index contributed by atoms with van der Waals surface area (Å²) in [6.07, 6.45) is 2.47. The molecule has 1 rings (SSSR count). The Bertz CT molecular complexity index is 282. The lowest BCUT2D eigenvalue weighted by molar-refractivity contribution is -0.111. The van der Waals surface area contributed by atoms with Crippen LogP contribution in [-0.2, 0) is 11.2 Å². The van der Waals surface area contributed by atoms with Gasteiger partial charge in [0.1, 0.15) is 6.29 Å². The van der Waals surface area contributed by atoms with Crippen LogP contribution in [0.15, 0.2) is 24.3 Å². The van der Waals surface area contributed by atoms with E-state index in [0.29, 0.717) is 6.54 Å². The zero-order chi connectivity index (χ0) is 10.4. The van der Waals surface area contributed by atoms with E-state index in [0.717, 1.165) is 30.4 Å². The maximum absolute atomic E-state index is 10.7. The number of carbonyl (C=O) groups is 1. The minimum Gasteiger partial charge on any atom is -0.399 e. The first kappa shape index (κ1) is 10.7. The van der Waals surface area contributed by atoms with Crippen molar-refractivity contribution in [3.05, 3.63) is 29.8 Å². The molecule has 0 radical (unpaired) electrons. The van der Waals surface area contributed by atoms with Crippen molar-refractivity contribution in [3.63, 3.8) is 0 Å². The molecule has 0 spiro atoms. The average Bonchev–Trinajstić information content (AvgIpc) is 2.20. The molecule has 0 amide bonds. The average molecular weight is 192 g/mol. The molecule has 0 bridgehead atoms. The van der Waals surface area contributed by atoms with Crippen LogP contribution in [0, 0.1) is 5.92 Å². The van der Waals surface area contributed by atoms with Crippen molar-refractivity contribution >= 4 is 12.0 Å². The largest absolute Gasteiger partial charge is 0.399 e. The minimum absolute atomic E-state index is 0.0311. The second-order valence-electron chi connectivity index (χ2n) is 3.42. The monoisotopic (exact) mass is 192 g/mol. The van der Waals surface area contributed by atoms with Crippen molar-refractivity contribution in [1.82, 2.24) is 0 Å². The van der Waals surface area contributed by atoms with Crippen LogP contribution < -0.4 is 11.5 Å². The summed E-state index contributed by atoms with van der Waals surface area (Å²) >= 11 is 0. The zero-order valence-corrected chi connectivity index (χ0v) is 8.15.